The first kappa shape index (κ1) is 28.8. The van der Waals surface area contributed by atoms with Crippen molar-refractivity contribution in [3.8, 4) is 11.3 Å². The molecule has 8 nitrogen and oxygen atoms in total. The van der Waals surface area contributed by atoms with Gasteiger partial charge < -0.3 is 14.2 Å². The molecule has 1 aliphatic heterocycles. The molecule has 1 N–H and O–H groups in total. The van der Waals surface area contributed by atoms with Gasteiger partial charge in [0.1, 0.15) is 22.0 Å². The zero-order chi connectivity index (χ0) is 30.1. The molecule has 11 heteroatoms. The van der Waals surface area contributed by atoms with Gasteiger partial charge in [0.15, 0.2) is 0 Å². The van der Waals surface area contributed by atoms with Crippen LogP contribution in [0.1, 0.15) is 80.2 Å². The minimum atomic E-state index is -3.95. The van der Waals surface area contributed by atoms with Crippen LogP contribution in [0.15, 0.2) is 40.9 Å². The SMILES string of the molecule is CCC(=O)NS(=O)(=O)C1(c2ccc(N3C[C@@H]4C[C@H]3C[C@H]4OCc3c(-c4c(C)cccc4Cl)noc3C3CC3)c(F)c2)CC1. The van der Waals surface area contributed by atoms with Gasteiger partial charge in [-0.25, -0.2) is 12.8 Å². The van der Waals surface area contributed by atoms with Crippen LogP contribution in [0.25, 0.3) is 11.3 Å². The van der Waals surface area contributed by atoms with Crippen molar-refractivity contribution in [3.63, 3.8) is 0 Å². The number of ether oxygens (including phenoxy) is 1. The zero-order valence-corrected chi connectivity index (χ0v) is 25.8. The summed E-state index contributed by atoms with van der Waals surface area (Å²) in [6.45, 7) is 4.66. The molecule has 3 aromatic rings. The number of aryl methyl sites for hydroxylation is 1. The van der Waals surface area contributed by atoms with Crippen molar-refractivity contribution in [2.75, 3.05) is 11.4 Å². The number of aromatic nitrogens is 1. The number of piperidine rings is 1. The van der Waals surface area contributed by atoms with Crippen molar-refractivity contribution in [1.29, 1.82) is 0 Å². The van der Waals surface area contributed by atoms with Crippen LogP contribution >= 0.6 is 11.6 Å². The minimum Gasteiger partial charge on any atom is -0.373 e. The van der Waals surface area contributed by atoms with Gasteiger partial charge in [-0.05, 0) is 74.8 Å². The van der Waals surface area contributed by atoms with Crippen molar-refractivity contribution in [3.05, 3.63) is 69.7 Å². The maximum Gasteiger partial charge on any atom is 0.244 e. The van der Waals surface area contributed by atoms with Gasteiger partial charge in [-0.15, -0.1) is 0 Å². The number of amides is 1. The number of benzene rings is 2. The molecule has 228 valence electrons. The van der Waals surface area contributed by atoms with E-state index in [1.165, 1.54) is 6.07 Å². The maximum absolute atomic E-state index is 15.5. The molecule has 0 radical (unpaired) electrons. The predicted octanol–water partition coefficient (Wildman–Crippen LogP) is 6.35. The summed E-state index contributed by atoms with van der Waals surface area (Å²) in [5, 5.41) is 5.07. The Morgan fingerprint density at radius 3 is 2.65 bits per heavy atom. The molecule has 3 saturated carbocycles. The highest BCUT2D eigenvalue weighted by Crippen LogP contribution is 2.53. The van der Waals surface area contributed by atoms with Crippen LogP contribution in [0.4, 0.5) is 10.1 Å². The third-order valence-electron chi connectivity index (χ3n) is 9.72. The van der Waals surface area contributed by atoms with E-state index in [9.17, 15) is 13.2 Å². The molecular formula is C32H35ClFN3O5S. The number of anilines is 1. The van der Waals surface area contributed by atoms with Crippen molar-refractivity contribution in [1.82, 2.24) is 9.88 Å². The fourth-order valence-corrected chi connectivity index (χ4v) is 9.05. The first-order chi connectivity index (χ1) is 20.6. The highest BCUT2D eigenvalue weighted by molar-refractivity contribution is 7.91. The number of nitrogens with one attached hydrogen (secondary N) is 1. The summed E-state index contributed by atoms with van der Waals surface area (Å²) in [5.74, 6) is 0.515. The lowest BCUT2D eigenvalue weighted by molar-refractivity contribution is -0.119. The molecule has 3 aliphatic carbocycles. The second-order valence-electron chi connectivity index (χ2n) is 12.5. The van der Waals surface area contributed by atoms with Crippen LogP contribution in [0.5, 0.6) is 0 Å². The number of rotatable bonds is 10. The van der Waals surface area contributed by atoms with Crippen LogP contribution in [-0.4, -0.2) is 38.2 Å². The van der Waals surface area contributed by atoms with E-state index in [0.717, 1.165) is 53.8 Å². The van der Waals surface area contributed by atoms with Gasteiger partial charge >= 0.3 is 0 Å². The molecule has 1 saturated heterocycles. The van der Waals surface area contributed by atoms with Gasteiger partial charge in [0, 0.05) is 42.0 Å². The summed E-state index contributed by atoms with van der Waals surface area (Å²) in [6, 6.07) is 10.7. The third kappa shape index (κ3) is 4.95. The van der Waals surface area contributed by atoms with Crippen LogP contribution < -0.4 is 9.62 Å². The summed E-state index contributed by atoms with van der Waals surface area (Å²) < 4.78 is 54.7. The number of nitrogens with zero attached hydrogens (tertiary/aromatic N) is 2. The molecule has 43 heavy (non-hydrogen) atoms. The Balaban J connectivity index is 1.05. The lowest BCUT2D eigenvalue weighted by atomic mass is 10.00. The van der Waals surface area contributed by atoms with E-state index in [1.54, 1.807) is 19.1 Å². The molecule has 1 aromatic heterocycles. The van der Waals surface area contributed by atoms with Crippen LogP contribution in [0.2, 0.25) is 5.02 Å². The highest BCUT2D eigenvalue weighted by Gasteiger charge is 2.57. The van der Waals surface area contributed by atoms with E-state index in [1.807, 2.05) is 25.1 Å². The number of carbonyl (C=O) groups is 1. The van der Waals surface area contributed by atoms with Crippen LogP contribution in [0, 0.1) is 18.7 Å². The summed E-state index contributed by atoms with van der Waals surface area (Å²) in [4.78, 5) is 13.9. The maximum atomic E-state index is 15.5. The summed E-state index contributed by atoms with van der Waals surface area (Å²) in [7, 11) is -3.95. The molecule has 0 unspecified atom stereocenters. The Kier molecular flexibility index (Phi) is 7.10. The van der Waals surface area contributed by atoms with Crippen molar-refractivity contribution in [2.45, 2.75) is 88.2 Å². The lowest BCUT2D eigenvalue weighted by Crippen LogP contribution is -2.39. The average molecular weight is 628 g/mol. The first-order valence-corrected chi connectivity index (χ1v) is 17.0. The van der Waals surface area contributed by atoms with Gasteiger partial charge in [-0.1, -0.05) is 41.9 Å². The summed E-state index contributed by atoms with van der Waals surface area (Å²) >= 11 is 6.59. The largest absolute Gasteiger partial charge is 0.373 e. The van der Waals surface area contributed by atoms with E-state index >= 15 is 4.39 Å². The topological polar surface area (TPSA) is 102 Å². The quantitative estimate of drug-likeness (QED) is 0.279. The van der Waals surface area contributed by atoms with E-state index in [-0.39, 0.29) is 24.5 Å². The third-order valence-corrected chi connectivity index (χ3v) is 12.2. The second-order valence-corrected chi connectivity index (χ2v) is 14.9. The molecule has 3 atom stereocenters. The average Bonchev–Trinajstić information content (AvgIpc) is 3.87. The normalized spacial score (nSPS) is 24.0. The number of halogens is 2. The summed E-state index contributed by atoms with van der Waals surface area (Å²) in [6.07, 6.45) is 4.66. The smallest absolute Gasteiger partial charge is 0.244 e. The molecule has 2 heterocycles. The molecule has 4 aliphatic rings. The molecule has 7 rings (SSSR count). The second kappa shape index (κ2) is 10.6. The monoisotopic (exact) mass is 627 g/mol. The molecule has 4 fully saturated rings. The number of sulfonamides is 1. The molecule has 2 bridgehead atoms. The van der Waals surface area contributed by atoms with Gasteiger partial charge in [0.25, 0.3) is 0 Å². The zero-order valence-electron chi connectivity index (χ0n) is 24.2. The lowest BCUT2D eigenvalue weighted by Gasteiger charge is -2.33. The Bertz CT molecular complexity index is 1680. The predicted molar refractivity (Wildman–Crippen MR) is 161 cm³/mol. The van der Waals surface area contributed by atoms with Crippen molar-refractivity contribution < 1.29 is 26.9 Å². The fraction of sp³-hybridized carbons (Fsp3) is 0.500. The van der Waals surface area contributed by atoms with Crippen molar-refractivity contribution >= 4 is 33.2 Å². The highest BCUT2D eigenvalue weighted by atomic mass is 35.5. The Morgan fingerprint density at radius 1 is 1.23 bits per heavy atom. The van der Waals surface area contributed by atoms with E-state index in [2.05, 4.69) is 14.8 Å². The van der Waals surface area contributed by atoms with Gasteiger partial charge in [0.2, 0.25) is 15.9 Å². The minimum absolute atomic E-state index is 0.0350. The number of hydrogen-bond acceptors (Lipinski definition) is 7. The first-order valence-electron chi connectivity index (χ1n) is 15.1. The fourth-order valence-electron chi connectivity index (χ4n) is 7.02. The standard InChI is InChI=1S/C32H35ClFN3O5S/c1-3-28(38)36-43(39,40)32(11-12-32)21-9-10-26(25(34)14-21)37-16-20-13-22(37)15-27(20)41-17-23-30(35-42-31(23)19-7-8-19)29-18(2)5-4-6-24(29)33/h4-6,9-10,14,19-20,22,27H,3,7-8,11-13,15-17H2,1-2H3,(H,36,38)/t20-,22-,27+/m0/s1. The molecule has 1 amide bonds. The molecule has 0 spiro atoms. The van der Waals surface area contributed by atoms with Gasteiger partial charge in [-0.2, -0.15) is 0 Å². The van der Waals surface area contributed by atoms with Crippen molar-refractivity contribution in [2.24, 2.45) is 5.92 Å². The Morgan fingerprint density at radius 2 is 2.02 bits per heavy atom. The molecular weight excluding hydrogens is 593 g/mol. The Labute approximate surface area is 256 Å². The number of fused-ring (bicyclic) bond motifs is 2. The molecule has 2 aromatic carbocycles. The van der Waals surface area contributed by atoms with Gasteiger partial charge in [0.05, 0.1) is 23.4 Å². The van der Waals surface area contributed by atoms with E-state index in [4.69, 9.17) is 20.9 Å². The van der Waals surface area contributed by atoms with E-state index < -0.39 is 26.5 Å². The van der Waals surface area contributed by atoms with Crippen LogP contribution in [0.3, 0.4) is 0 Å². The van der Waals surface area contributed by atoms with Gasteiger partial charge in [-0.3, -0.25) is 9.52 Å². The van der Waals surface area contributed by atoms with Crippen LogP contribution in [-0.2, 0) is 30.9 Å². The summed E-state index contributed by atoms with van der Waals surface area (Å²) in [5.41, 5.74) is 4.50. The number of carbonyl (C=O) groups excluding carboxylic acids is 1. The van der Waals surface area contributed by atoms with E-state index in [0.29, 0.717) is 48.2 Å². The Hall–Kier alpha value is -2.95. The number of hydrogen-bond donors (Lipinski definition) is 1.